The second-order valence-electron chi connectivity index (χ2n) is 7.62. The molecule has 0 spiro atoms. The van der Waals surface area contributed by atoms with Crippen molar-refractivity contribution < 1.29 is 0 Å². The number of nitrogens with zero attached hydrogens (tertiary/aromatic N) is 1. The average Bonchev–Trinajstić information content (AvgIpc) is 2.13. The summed E-state index contributed by atoms with van der Waals surface area (Å²) in [5, 5.41) is 0. The van der Waals surface area contributed by atoms with E-state index in [1.165, 1.54) is 5.69 Å². The summed E-state index contributed by atoms with van der Waals surface area (Å²) < 4.78 is 2.39. The van der Waals surface area contributed by atoms with Crippen LogP contribution in [0, 0.1) is 0 Å². The molecule has 0 heterocycles. The normalized spacial score (nSPS) is 12.4. The van der Waals surface area contributed by atoms with E-state index in [0.717, 1.165) is 0 Å². The van der Waals surface area contributed by atoms with Gasteiger partial charge in [0.1, 0.15) is 0 Å². The van der Waals surface area contributed by atoms with Crippen molar-refractivity contribution >= 4 is 24.3 Å². The number of hydrogen-bond acceptors (Lipinski definition) is 1. The van der Waals surface area contributed by atoms with Gasteiger partial charge in [-0.2, -0.15) is 0 Å². The van der Waals surface area contributed by atoms with Crippen LogP contribution in [-0.2, 0) is 0 Å². The smallest absolute Gasteiger partial charge is 0.320 e. The molecule has 1 aromatic rings. The molecular formula is C16H28AlN. The van der Waals surface area contributed by atoms with E-state index < -0.39 is 14.1 Å². The molecule has 0 bridgehead atoms. The average molecular weight is 261 g/mol. The Morgan fingerprint density at radius 3 is 1.67 bits per heavy atom. The third kappa shape index (κ3) is 3.53. The number of anilines is 1. The van der Waals surface area contributed by atoms with E-state index in [0.29, 0.717) is 8.55 Å². The number of para-hydroxylation sites is 1. The maximum absolute atomic E-state index is 2.40. The lowest BCUT2D eigenvalue weighted by molar-refractivity contribution is 0.653. The first-order valence-electron chi connectivity index (χ1n) is 6.81. The number of benzene rings is 1. The van der Waals surface area contributed by atoms with Crippen molar-refractivity contribution in [3.8, 4) is 0 Å². The third-order valence-corrected chi connectivity index (χ3v) is 8.04. The van der Waals surface area contributed by atoms with Crippen LogP contribution in [0.25, 0.3) is 0 Å². The largest absolute Gasteiger partial charge is 0.379 e. The van der Waals surface area contributed by atoms with Crippen molar-refractivity contribution in [2.24, 2.45) is 0 Å². The second-order valence-corrected chi connectivity index (χ2v) is 12.6. The minimum atomic E-state index is -1.11. The summed E-state index contributed by atoms with van der Waals surface area (Å²) in [6, 6.07) is 8.95. The molecule has 0 N–H and O–H groups in total. The molecule has 0 saturated carbocycles. The summed E-state index contributed by atoms with van der Waals surface area (Å²) in [7, 11) is 4.30. The fraction of sp³-hybridized carbons (Fsp3) is 0.625. The van der Waals surface area contributed by atoms with E-state index in [-0.39, 0.29) is 0 Å². The Balaban J connectivity index is 3.40. The SMILES string of the molecule is CN(C)c1cccc[c]1[Al]([C](C)(C)C)[C](C)(C)C. The molecule has 2 heteroatoms. The van der Waals surface area contributed by atoms with Gasteiger partial charge in [-0.25, -0.2) is 0 Å². The Kier molecular flexibility index (Phi) is 4.57. The fourth-order valence-electron chi connectivity index (χ4n) is 3.37. The van der Waals surface area contributed by atoms with Crippen molar-refractivity contribution in [2.75, 3.05) is 19.0 Å². The highest BCUT2D eigenvalue weighted by Gasteiger charge is 2.43. The van der Waals surface area contributed by atoms with Gasteiger partial charge in [0.25, 0.3) is 0 Å². The summed E-state index contributed by atoms with van der Waals surface area (Å²) in [5.41, 5.74) is 1.40. The summed E-state index contributed by atoms with van der Waals surface area (Å²) in [5.74, 6) is 0. The number of hydrogen-bond donors (Lipinski definition) is 0. The van der Waals surface area contributed by atoms with Crippen molar-refractivity contribution in [1.82, 2.24) is 0 Å². The van der Waals surface area contributed by atoms with Gasteiger partial charge >= 0.3 is 14.1 Å². The highest BCUT2D eigenvalue weighted by molar-refractivity contribution is 6.79. The van der Waals surface area contributed by atoms with Gasteiger partial charge in [-0.15, -0.1) is 0 Å². The lowest BCUT2D eigenvalue weighted by Crippen LogP contribution is -2.47. The minimum Gasteiger partial charge on any atom is -0.379 e. The molecule has 0 aliphatic carbocycles. The van der Waals surface area contributed by atoms with Gasteiger partial charge < -0.3 is 4.90 Å². The van der Waals surface area contributed by atoms with E-state index in [1.54, 1.807) is 4.43 Å². The molecule has 100 valence electrons. The summed E-state index contributed by atoms with van der Waals surface area (Å²) in [6.45, 7) is 14.4. The molecule has 0 unspecified atom stereocenters. The van der Waals surface area contributed by atoms with Crippen LogP contribution in [-0.4, -0.2) is 28.2 Å². The minimum absolute atomic E-state index is 0.393. The zero-order valence-electron chi connectivity index (χ0n) is 13.3. The predicted octanol–water partition coefficient (Wildman–Crippen LogP) is 4.05. The van der Waals surface area contributed by atoms with Crippen LogP contribution in [0.15, 0.2) is 24.3 Å². The molecule has 0 aromatic heterocycles. The molecule has 0 atom stereocenters. The summed E-state index contributed by atoms with van der Waals surface area (Å²) in [6.07, 6.45) is 0. The number of rotatable bonds is 2. The van der Waals surface area contributed by atoms with Crippen LogP contribution in [0.5, 0.6) is 0 Å². The fourth-order valence-corrected chi connectivity index (χ4v) is 8.79. The van der Waals surface area contributed by atoms with Crippen LogP contribution in [0.4, 0.5) is 5.69 Å². The zero-order chi connectivity index (χ0) is 14.1. The Labute approximate surface area is 118 Å². The molecule has 1 rings (SSSR count). The first kappa shape index (κ1) is 15.6. The summed E-state index contributed by atoms with van der Waals surface area (Å²) >= 11 is -1.11. The maximum atomic E-state index is 2.40. The second kappa shape index (κ2) is 5.27. The van der Waals surface area contributed by atoms with Crippen molar-refractivity contribution in [2.45, 2.75) is 50.1 Å². The van der Waals surface area contributed by atoms with E-state index in [9.17, 15) is 0 Å². The standard InChI is InChI=1S/C8H10N.2C4H9.Al/c1-9(2)8-6-4-3-5-7-8;2*1-4(2)3;/h3-6H,1-2H3;2*1-3H3;. The molecule has 0 radical (unpaired) electrons. The Bertz CT molecular complexity index is 382. The molecule has 1 nitrogen and oxygen atoms in total. The van der Waals surface area contributed by atoms with Gasteiger partial charge in [0, 0.05) is 19.8 Å². The lowest BCUT2D eigenvalue weighted by Gasteiger charge is -2.38. The van der Waals surface area contributed by atoms with Gasteiger partial charge in [-0.1, -0.05) is 72.7 Å². The topological polar surface area (TPSA) is 3.24 Å². The monoisotopic (exact) mass is 261 g/mol. The van der Waals surface area contributed by atoms with Crippen molar-refractivity contribution in [3.63, 3.8) is 0 Å². The molecule has 0 aliphatic rings. The highest BCUT2D eigenvalue weighted by Crippen LogP contribution is 2.42. The van der Waals surface area contributed by atoms with Gasteiger partial charge in [0.2, 0.25) is 0 Å². The van der Waals surface area contributed by atoms with Gasteiger partial charge in [-0.05, 0) is 6.07 Å². The first-order valence-corrected chi connectivity index (χ1v) is 8.54. The highest BCUT2D eigenvalue weighted by atomic mass is 27.2. The zero-order valence-corrected chi connectivity index (χ0v) is 14.5. The molecular weight excluding hydrogens is 233 g/mol. The third-order valence-electron chi connectivity index (χ3n) is 3.46. The van der Waals surface area contributed by atoms with Crippen LogP contribution in [0.1, 0.15) is 41.5 Å². The van der Waals surface area contributed by atoms with Crippen LogP contribution in [0.3, 0.4) is 0 Å². The predicted molar refractivity (Wildman–Crippen MR) is 85.6 cm³/mol. The van der Waals surface area contributed by atoms with Crippen LogP contribution in [0.2, 0.25) is 8.55 Å². The Hall–Kier alpha value is -0.448. The van der Waals surface area contributed by atoms with E-state index >= 15 is 0 Å². The van der Waals surface area contributed by atoms with Crippen molar-refractivity contribution in [3.05, 3.63) is 24.3 Å². The molecule has 0 fully saturated rings. The molecule has 1 aromatic carbocycles. The van der Waals surface area contributed by atoms with E-state index in [1.807, 2.05) is 0 Å². The molecule has 0 saturated heterocycles. The Morgan fingerprint density at radius 2 is 1.28 bits per heavy atom. The molecule has 0 amide bonds. The van der Waals surface area contributed by atoms with Gasteiger partial charge in [0.15, 0.2) is 0 Å². The summed E-state index contributed by atoms with van der Waals surface area (Å²) in [4.78, 5) is 2.26. The van der Waals surface area contributed by atoms with Crippen LogP contribution >= 0.6 is 0 Å². The van der Waals surface area contributed by atoms with Crippen molar-refractivity contribution in [1.29, 1.82) is 0 Å². The Morgan fingerprint density at radius 1 is 0.833 bits per heavy atom. The molecule has 18 heavy (non-hydrogen) atoms. The van der Waals surface area contributed by atoms with Gasteiger partial charge in [0.05, 0.1) is 0 Å². The quantitative estimate of drug-likeness (QED) is 0.726. The van der Waals surface area contributed by atoms with Gasteiger partial charge in [-0.3, -0.25) is 0 Å². The van der Waals surface area contributed by atoms with Crippen LogP contribution < -0.4 is 9.33 Å². The lowest BCUT2D eigenvalue weighted by atomic mass is 10.2. The molecule has 0 aliphatic heterocycles. The maximum Gasteiger partial charge on any atom is 0.320 e. The first-order chi connectivity index (χ1) is 8.05. The van der Waals surface area contributed by atoms with E-state index in [2.05, 4.69) is 84.8 Å². The van der Waals surface area contributed by atoms with E-state index in [4.69, 9.17) is 0 Å².